The van der Waals surface area contributed by atoms with E-state index in [1.54, 1.807) is 42.3 Å². The number of carbonyl (C=O) groups is 2. The highest BCUT2D eigenvalue weighted by molar-refractivity contribution is 6.42. The van der Waals surface area contributed by atoms with Gasteiger partial charge < -0.3 is 10.6 Å². The summed E-state index contributed by atoms with van der Waals surface area (Å²) in [5.41, 5.74) is 7.52. The number of amides is 1. The van der Waals surface area contributed by atoms with E-state index in [1.165, 1.54) is 4.90 Å². The Kier molecular flexibility index (Phi) is 4.88. The van der Waals surface area contributed by atoms with Crippen molar-refractivity contribution in [3.63, 3.8) is 0 Å². The van der Waals surface area contributed by atoms with Gasteiger partial charge in [0, 0.05) is 41.7 Å². The van der Waals surface area contributed by atoms with Crippen molar-refractivity contribution >= 4 is 46.3 Å². The molecule has 1 unspecified atom stereocenters. The highest BCUT2D eigenvalue weighted by atomic mass is 35.5. The Balaban J connectivity index is 1.91. The molecule has 0 bridgehead atoms. The number of para-hydroxylation sites is 1. The largest absolute Gasteiger partial charge is 0.384 e. The van der Waals surface area contributed by atoms with E-state index in [0.717, 1.165) is 0 Å². The number of nitriles is 1. The van der Waals surface area contributed by atoms with E-state index in [4.69, 9.17) is 28.9 Å². The monoisotopic (exact) mass is 492 g/mol. The zero-order chi connectivity index (χ0) is 24.6. The first-order valence-corrected chi connectivity index (χ1v) is 11.6. The molecule has 2 aromatic carbocycles. The molecule has 0 aromatic heterocycles. The van der Waals surface area contributed by atoms with Crippen molar-refractivity contribution < 1.29 is 9.59 Å². The van der Waals surface area contributed by atoms with Gasteiger partial charge in [-0.05, 0) is 36.1 Å². The van der Waals surface area contributed by atoms with Crippen molar-refractivity contribution in [2.24, 2.45) is 11.1 Å². The summed E-state index contributed by atoms with van der Waals surface area (Å²) in [5, 5.41) is 11.1. The fourth-order valence-corrected chi connectivity index (χ4v) is 5.87. The Morgan fingerprint density at radius 1 is 1.06 bits per heavy atom. The molecule has 0 saturated heterocycles. The molecule has 6 nitrogen and oxygen atoms in total. The van der Waals surface area contributed by atoms with Crippen molar-refractivity contribution in [2.45, 2.75) is 32.1 Å². The van der Waals surface area contributed by atoms with Gasteiger partial charge in [-0.1, -0.05) is 55.2 Å². The second kappa shape index (κ2) is 7.36. The summed E-state index contributed by atoms with van der Waals surface area (Å²) in [5.74, 6) is -0.429. The minimum atomic E-state index is -1.58. The third-order valence-corrected chi connectivity index (χ3v) is 7.68. The molecule has 1 atom stereocenters. The minimum Gasteiger partial charge on any atom is -0.384 e. The van der Waals surface area contributed by atoms with E-state index in [0.29, 0.717) is 44.7 Å². The predicted octanol–water partition coefficient (Wildman–Crippen LogP) is 5.06. The summed E-state index contributed by atoms with van der Waals surface area (Å²) in [7, 11) is 1.66. The maximum absolute atomic E-state index is 14.0. The summed E-state index contributed by atoms with van der Waals surface area (Å²) < 4.78 is 0. The molecule has 3 aliphatic rings. The van der Waals surface area contributed by atoms with Crippen LogP contribution in [0.5, 0.6) is 0 Å². The molecule has 172 valence electrons. The number of ketones is 1. The van der Waals surface area contributed by atoms with Crippen LogP contribution < -0.4 is 15.5 Å². The van der Waals surface area contributed by atoms with Crippen LogP contribution in [0.25, 0.3) is 0 Å². The van der Waals surface area contributed by atoms with Gasteiger partial charge in [-0.2, -0.15) is 5.26 Å². The Bertz CT molecular complexity index is 1400. The standard InChI is InChI=1S/C26H22Cl2N4O2/c1-25(2)11-20-22(21(33)12-25)26(15-6-4-5-7-19(15)31(3)24(26)34)16(13-29)23(30)32(20)14-8-9-17(27)18(28)10-14/h4-10H,11-12,30H2,1-3H3. The number of hydrogen-bond acceptors (Lipinski definition) is 5. The first-order chi connectivity index (χ1) is 16.0. The zero-order valence-corrected chi connectivity index (χ0v) is 20.5. The van der Waals surface area contributed by atoms with Gasteiger partial charge in [0.25, 0.3) is 0 Å². The van der Waals surface area contributed by atoms with Gasteiger partial charge in [-0.3, -0.25) is 14.5 Å². The lowest BCUT2D eigenvalue weighted by atomic mass is 9.60. The number of Topliss-reactive ketones (excluding diaryl/α,β-unsaturated/α-hetero) is 1. The van der Waals surface area contributed by atoms with Gasteiger partial charge in [0.05, 0.1) is 15.6 Å². The summed E-state index contributed by atoms with van der Waals surface area (Å²) in [6.07, 6.45) is 0.731. The molecule has 1 aliphatic carbocycles. The Morgan fingerprint density at radius 3 is 2.44 bits per heavy atom. The Labute approximate surface area is 207 Å². The first-order valence-electron chi connectivity index (χ1n) is 10.8. The van der Waals surface area contributed by atoms with Crippen molar-refractivity contribution in [3.8, 4) is 6.07 Å². The number of halogens is 2. The molecular formula is C26H22Cl2N4O2. The van der Waals surface area contributed by atoms with Crippen molar-refractivity contribution in [3.05, 3.63) is 80.7 Å². The van der Waals surface area contributed by atoms with Crippen molar-refractivity contribution in [1.29, 1.82) is 5.26 Å². The number of nitrogens with two attached hydrogens (primary N) is 1. The van der Waals surface area contributed by atoms with Crippen LogP contribution >= 0.6 is 23.2 Å². The van der Waals surface area contributed by atoms with Crippen LogP contribution in [0, 0.1) is 16.7 Å². The number of benzene rings is 2. The van der Waals surface area contributed by atoms with E-state index in [2.05, 4.69) is 6.07 Å². The van der Waals surface area contributed by atoms with Gasteiger partial charge in [0.1, 0.15) is 17.3 Å². The number of likely N-dealkylation sites (N-methyl/N-ethyl adjacent to an activating group) is 1. The SMILES string of the molecule is CN1C(=O)C2(C(C#N)=C(N)N(c3ccc(Cl)c(Cl)c3)C3=C2C(=O)CC(C)(C)C3)c2ccccc21. The first kappa shape index (κ1) is 22.5. The molecule has 0 radical (unpaired) electrons. The predicted molar refractivity (Wildman–Crippen MR) is 132 cm³/mol. The lowest BCUT2D eigenvalue weighted by Gasteiger charge is -2.47. The van der Waals surface area contributed by atoms with Crippen LogP contribution in [-0.4, -0.2) is 18.7 Å². The average molecular weight is 493 g/mol. The van der Waals surface area contributed by atoms with E-state index >= 15 is 0 Å². The molecule has 8 heteroatoms. The smallest absolute Gasteiger partial charge is 0.247 e. The topological polar surface area (TPSA) is 90.4 Å². The highest BCUT2D eigenvalue weighted by Crippen LogP contribution is 2.58. The number of anilines is 2. The molecular weight excluding hydrogens is 471 g/mol. The number of rotatable bonds is 1. The molecule has 2 aliphatic heterocycles. The molecule has 5 rings (SSSR count). The number of nitrogens with zero attached hydrogens (tertiary/aromatic N) is 3. The van der Waals surface area contributed by atoms with Gasteiger partial charge >= 0.3 is 0 Å². The van der Waals surface area contributed by atoms with E-state index < -0.39 is 5.41 Å². The van der Waals surface area contributed by atoms with Gasteiger partial charge in [0.2, 0.25) is 5.91 Å². The Morgan fingerprint density at radius 2 is 1.76 bits per heavy atom. The van der Waals surface area contributed by atoms with Crippen LogP contribution in [0.3, 0.4) is 0 Å². The van der Waals surface area contributed by atoms with E-state index in [9.17, 15) is 14.9 Å². The molecule has 1 amide bonds. The Hall–Kier alpha value is -3.27. The number of allylic oxidation sites excluding steroid dienone is 1. The van der Waals surface area contributed by atoms with Crippen LogP contribution in [0.4, 0.5) is 11.4 Å². The molecule has 1 spiro atoms. The zero-order valence-electron chi connectivity index (χ0n) is 18.9. The number of fused-ring (bicyclic) bond motifs is 3. The number of carbonyl (C=O) groups excluding carboxylic acids is 2. The second-order valence-electron chi connectivity index (χ2n) is 9.70. The summed E-state index contributed by atoms with van der Waals surface area (Å²) in [6.45, 7) is 4.01. The van der Waals surface area contributed by atoms with Crippen molar-refractivity contribution in [1.82, 2.24) is 0 Å². The second-order valence-corrected chi connectivity index (χ2v) is 10.5. The van der Waals surface area contributed by atoms with Crippen molar-refractivity contribution in [2.75, 3.05) is 16.8 Å². The molecule has 34 heavy (non-hydrogen) atoms. The van der Waals surface area contributed by atoms with Gasteiger partial charge in [0.15, 0.2) is 5.78 Å². The van der Waals surface area contributed by atoms with Gasteiger partial charge in [-0.25, -0.2) is 0 Å². The van der Waals surface area contributed by atoms with E-state index in [-0.39, 0.29) is 34.9 Å². The van der Waals surface area contributed by atoms with Crippen LogP contribution in [0.1, 0.15) is 32.3 Å². The average Bonchev–Trinajstić information content (AvgIpc) is 2.98. The highest BCUT2D eigenvalue weighted by Gasteiger charge is 2.62. The number of hydrogen-bond donors (Lipinski definition) is 1. The minimum absolute atomic E-state index is 0.0344. The third-order valence-electron chi connectivity index (χ3n) is 6.94. The molecule has 0 fully saturated rings. The van der Waals surface area contributed by atoms with Crippen LogP contribution in [0.2, 0.25) is 10.0 Å². The fraction of sp³-hybridized carbons (Fsp3) is 0.269. The van der Waals surface area contributed by atoms with Crippen LogP contribution in [0.15, 0.2) is 65.1 Å². The maximum atomic E-state index is 14.0. The van der Waals surface area contributed by atoms with Crippen LogP contribution in [-0.2, 0) is 15.0 Å². The molecule has 2 aromatic rings. The summed E-state index contributed by atoms with van der Waals surface area (Å²) in [6, 6.07) is 14.5. The molecule has 2 N–H and O–H groups in total. The molecule has 2 heterocycles. The molecule has 0 saturated carbocycles. The maximum Gasteiger partial charge on any atom is 0.247 e. The third kappa shape index (κ3) is 2.81. The normalized spacial score (nSPS) is 23.4. The summed E-state index contributed by atoms with van der Waals surface area (Å²) >= 11 is 12.5. The lowest BCUT2D eigenvalue weighted by molar-refractivity contribution is -0.124. The van der Waals surface area contributed by atoms with E-state index in [1.807, 2.05) is 26.0 Å². The summed E-state index contributed by atoms with van der Waals surface area (Å²) in [4.78, 5) is 31.1. The fourth-order valence-electron chi connectivity index (χ4n) is 5.58. The quantitative estimate of drug-likeness (QED) is 0.600. The van der Waals surface area contributed by atoms with Gasteiger partial charge in [-0.15, -0.1) is 0 Å². The lowest BCUT2D eigenvalue weighted by Crippen LogP contribution is -2.53.